The molecule has 1 aliphatic carbocycles. The summed E-state index contributed by atoms with van der Waals surface area (Å²) in [6, 6.07) is 13.8. The first kappa shape index (κ1) is 16.9. The van der Waals surface area contributed by atoms with E-state index in [4.69, 9.17) is 4.74 Å². The zero-order valence-electron chi connectivity index (χ0n) is 15.8. The van der Waals surface area contributed by atoms with Crippen LogP contribution in [0, 0.1) is 6.92 Å². The lowest BCUT2D eigenvalue weighted by molar-refractivity contribution is -0.0151. The van der Waals surface area contributed by atoms with Crippen LogP contribution in [0.1, 0.15) is 37.5 Å². The van der Waals surface area contributed by atoms with Gasteiger partial charge >= 0.3 is 0 Å². The van der Waals surface area contributed by atoms with Crippen molar-refractivity contribution >= 4 is 10.8 Å². The van der Waals surface area contributed by atoms with Crippen LogP contribution in [0.25, 0.3) is 21.9 Å². The average Bonchev–Trinajstić information content (AvgIpc) is 2.60. The highest BCUT2D eigenvalue weighted by Gasteiger charge is 2.48. The molecule has 1 atom stereocenters. The van der Waals surface area contributed by atoms with Gasteiger partial charge in [0.15, 0.2) is 0 Å². The number of ether oxygens (including phenoxy) is 1. The van der Waals surface area contributed by atoms with E-state index < -0.39 is 11.0 Å². The highest BCUT2D eigenvalue weighted by atomic mass is 16.5. The van der Waals surface area contributed by atoms with E-state index in [-0.39, 0.29) is 5.75 Å². The van der Waals surface area contributed by atoms with Crippen molar-refractivity contribution < 1.29 is 14.9 Å². The monoisotopic (exact) mass is 348 g/mol. The van der Waals surface area contributed by atoms with E-state index in [0.717, 1.165) is 44.3 Å². The highest BCUT2D eigenvalue weighted by molar-refractivity contribution is 6.04. The summed E-state index contributed by atoms with van der Waals surface area (Å²) in [7, 11) is 1.64. The molecule has 0 saturated heterocycles. The molecule has 3 nitrogen and oxygen atoms in total. The molecular formula is C23H24O3. The maximum Gasteiger partial charge on any atom is 0.123 e. The Bertz CT molecular complexity index is 1040. The first-order chi connectivity index (χ1) is 12.2. The fourth-order valence-electron chi connectivity index (χ4n) is 4.27. The van der Waals surface area contributed by atoms with Gasteiger partial charge in [-0.25, -0.2) is 0 Å². The van der Waals surface area contributed by atoms with Crippen molar-refractivity contribution in [1.82, 2.24) is 0 Å². The molecule has 3 aromatic rings. The molecule has 0 radical (unpaired) electrons. The number of hydrogen-bond donors (Lipinski definition) is 2. The van der Waals surface area contributed by atoms with Gasteiger partial charge in [0.25, 0.3) is 0 Å². The summed E-state index contributed by atoms with van der Waals surface area (Å²) in [5.41, 5.74) is 3.38. The van der Waals surface area contributed by atoms with E-state index in [9.17, 15) is 10.2 Å². The first-order valence-corrected chi connectivity index (χ1v) is 8.87. The second kappa shape index (κ2) is 5.24. The van der Waals surface area contributed by atoms with Gasteiger partial charge in [-0.05, 0) is 65.3 Å². The summed E-state index contributed by atoms with van der Waals surface area (Å²) < 4.78 is 5.44. The lowest BCUT2D eigenvalue weighted by Crippen LogP contribution is -2.45. The predicted molar refractivity (Wildman–Crippen MR) is 105 cm³/mol. The van der Waals surface area contributed by atoms with Crippen LogP contribution >= 0.6 is 0 Å². The van der Waals surface area contributed by atoms with E-state index in [1.54, 1.807) is 13.2 Å². The van der Waals surface area contributed by atoms with Gasteiger partial charge in [0.1, 0.15) is 11.5 Å². The van der Waals surface area contributed by atoms with Gasteiger partial charge in [-0.15, -0.1) is 0 Å². The number of rotatable bonds is 1. The van der Waals surface area contributed by atoms with Crippen molar-refractivity contribution in [1.29, 1.82) is 0 Å². The zero-order valence-corrected chi connectivity index (χ0v) is 15.8. The Morgan fingerprint density at radius 1 is 0.923 bits per heavy atom. The Hall–Kier alpha value is -2.52. The molecule has 1 unspecified atom stereocenters. The number of benzene rings is 3. The summed E-state index contributed by atoms with van der Waals surface area (Å²) in [4.78, 5) is 0. The summed E-state index contributed by atoms with van der Waals surface area (Å²) in [6.07, 6.45) is 0. The highest BCUT2D eigenvalue weighted by Crippen LogP contribution is 2.55. The van der Waals surface area contributed by atoms with Crippen LogP contribution < -0.4 is 4.74 Å². The van der Waals surface area contributed by atoms with E-state index in [1.165, 1.54) is 0 Å². The molecule has 0 heterocycles. The number of fused-ring (bicyclic) bond motifs is 5. The quantitative estimate of drug-likeness (QED) is 0.648. The first-order valence-electron chi connectivity index (χ1n) is 8.87. The molecule has 0 aromatic heterocycles. The largest absolute Gasteiger partial charge is 0.507 e. The van der Waals surface area contributed by atoms with Crippen LogP contribution in [0.2, 0.25) is 0 Å². The molecule has 0 fully saturated rings. The maximum absolute atomic E-state index is 11.4. The predicted octanol–water partition coefficient (Wildman–Crippen LogP) is 5.03. The van der Waals surface area contributed by atoms with Gasteiger partial charge in [-0.2, -0.15) is 0 Å². The number of aryl methyl sites for hydroxylation is 1. The zero-order chi connectivity index (χ0) is 18.9. The Kier molecular flexibility index (Phi) is 3.41. The topological polar surface area (TPSA) is 49.7 Å². The Morgan fingerprint density at radius 3 is 2.31 bits per heavy atom. The molecule has 4 rings (SSSR count). The van der Waals surface area contributed by atoms with Gasteiger partial charge in [0, 0.05) is 10.8 Å². The molecule has 0 saturated carbocycles. The lowest BCUT2D eigenvalue weighted by Gasteiger charge is -2.47. The number of methoxy groups -OCH3 is 1. The van der Waals surface area contributed by atoms with Crippen LogP contribution in [0.5, 0.6) is 11.5 Å². The summed E-state index contributed by atoms with van der Waals surface area (Å²) in [5.74, 6) is 0.961. The number of hydrogen-bond acceptors (Lipinski definition) is 3. The van der Waals surface area contributed by atoms with Crippen LogP contribution in [0.15, 0.2) is 42.5 Å². The minimum Gasteiger partial charge on any atom is -0.507 e. The number of phenolic OH excluding ortho intramolecular Hbond substituents is 1. The second-order valence-electron chi connectivity index (χ2n) is 7.93. The third kappa shape index (κ3) is 1.98. The van der Waals surface area contributed by atoms with E-state index in [0.29, 0.717) is 0 Å². The van der Waals surface area contributed by atoms with Crippen molar-refractivity contribution in [3.63, 3.8) is 0 Å². The van der Waals surface area contributed by atoms with Crippen LogP contribution in [0.3, 0.4) is 0 Å². The molecule has 0 amide bonds. The summed E-state index contributed by atoms with van der Waals surface area (Å²) in [5, 5.41) is 23.9. The molecule has 0 aliphatic heterocycles. The summed E-state index contributed by atoms with van der Waals surface area (Å²) in [6.45, 7) is 7.92. The van der Waals surface area contributed by atoms with Crippen LogP contribution in [0.4, 0.5) is 0 Å². The SMILES string of the molecule is COc1cc2c(O)cc3c(c2cc1C)-c1ccccc1C(C)(O)C3(C)C. The standard InChI is InChI=1S/C23H24O3/c1-13-10-16-15(11-20(13)26-5)19(24)12-18-21(16)14-8-6-7-9-17(14)23(4,25)22(18,2)3/h6-12,24-25H,1-5H3. The molecule has 134 valence electrons. The van der Waals surface area contributed by atoms with Gasteiger partial charge < -0.3 is 14.9 Å². The fraction of sp³-hybridized carbons (Fsp3) is 0.304. The van der Waals surface area contributed by atoms with E-state index in [2.05, 4.69) is 6.07 Å². The van der Waals surface area contributed by atoms with Crippen molar-refractivity contribution in [2.45, 2.75) is 38.7 Å². The van der Waals surface area contributed by atoms with E-state index in [1.807, 2.05) is 58.0 Å². The maximum atomic E-state index is 11.4. The molecule has 3 heteroatoms. The number of aliphatic hydroxyl groups is 1. The van der Waals surface area contributed by atoms with Gasteiger partial charge in [-0.1, -0.05) is 38.1 Å². The molecule has 3 aromatic carbocycles. The minimum atomic E-state index is -1.04. The molecule has 1 aliphatic rings. The second-order valence-corrected chi connectivity index (χ2v) is 7.93. The normalized spacial score (nSPS) is 20.5. The molecule has 26 heavy (non-hydrogen) atoms. The molecular weight excluding hydrogens is 324 g/mol. The number of phenols is 1. The Morgan fingerprint density at radius 2 is 1.62 bits per heavy atom. The van der Waals surface area contributed by atoms with Gasteiger partial charge in [0.2, 0.25) is 0 Å². The molecule has 0 spiro atoms. The molecule has 0 bridgehead atoms. The average molecular weight is 348 g/mol. The van der Waals surface area contributed by atoms with Crippen molar-refractivity contribution in [2.24, 2.45) is 0 Å². The minimum absolute atomic E-state index is 0.209. The van der Waals surface area contributed by atoms with Crippen LogP contribution in [-0.2, 0) is 11.0 Å². The molecule has 2 N–H and O–H groups in total. The Labute approximate surface area is 153 Å². The third-order valence-corrected chi connectivity index (χ3v) is 6.24. The fourth-order valence-corrected chi connectivity index (χ4v) is 4.27. The van der Waals surface area contributed by atoms with Crippen molar-refractivity contribution in [2.75, 3.05) is 7.11 Å². The van der Waals surface area contributed by atoms with Crippen molar-refractivity contribution in [3.05, 3.63) is 59.2 Å². The third-order valence-electron chi connectivity index (χ3n) is 6.24. The van der Waals surface area contributed by atoms with Gasteiger partial charge in [-0.3, -0.25) is 0 Å². The Balaban J connectivity index is 2.23. The smallest absolute Gasteiger partial charge is 0.123 e. The van der Waals surface area contributed by atoms with E-state index >= 15 is 0 Å². The van der Waals surface area contributed by atoms with Crippen molar-refractivity contribution in [3.8, 4) is 22.6 Å². The summed E-state index contributed by atoms with van der Waals surface area (Å²) >= 11 is 0. The number of aromatic hydroxyl groups is 1. The van der Waals surface area contributed by atoms with Crippen LogP contribution in [-0.4, -0.2) is 17.3 Å². The van der Waals surface area contributed by atoms with Gasteiger partial charge in [0.05, 0.1) is 12.7 Å². The lowest BCUT2D eigenvalue weighted by atomic mass is 9.60.